The number of methoxy groups -OCH3 is 1. The molecular formula is C18H18N2O2S2. The summed E-state index contributed by atoms with van der Waals surface area (Å²) in [6, 6.07) is 15.9. The van der Waals surface area contributed by atoms with Crippen LogP contribution in [-0.4, -0.2) is 23.3 Å². The molecule has 1 amide bonds. The fourth-order valence-corrected chi connectivity index (χ4v) is 4.29. The van der Waals surface area contributed by atoms with Gasteiger partial charge >= 0.3 is 0 Å². The Kier molecular flexibility index (Phi) is 5.37. The van der Waals surface area contributed by atoms with Gasteiger partial charge in [-0.05, 0) is 24.3 Å². The molecule has 6 heteroatoms. The van der Waals surface area contributed by atoms with E-state index in [0.29, 0.717) is 11.2 Å². The Balaban J connectivity index is 1.75. The van der Waals surface area contributed by atoms with Gasteiger partial charge in [0.15, 0.2) is 4.80 Å². The third-order valence-corrected chi connectivity index (χ3v) is 5.66. The van der Waals surface area contributed by atoms with E-state index in [-0.39, 0.29) is 5.91 Å². The SMILES string of the molecule is COc1cccc2sc(=NC(=O)CCSc3ccccc3)n(C)c12. The van der Waals surface area contributed by atoms with Gasteiger partial charge in [-0.2, -0.15) is 4.99 Å². The van der Waals surface area contributed by atoms with E-state index in [1.807, 2.05) is 60.1 Å². The maximum absolute atomic E-state index is 12.2. The number of para-hydroxylation sites is 1. The average Bonchev–Trinajstić information content (AvgIpc) is 2.92. The number of nitrogens with zero attached hydrogens (tertiary/aromatic N) is 2. The highest BCUT2D eigenvalue weighted by atomic mass is 32.2. The van der Waals surface area contributed by atoms with Gasteiger partial charge < -0.3 is 9.30 Å². The molecule has 0 unspecified atom stereocenters. The van der Waals surface area contributed by atoms with Gasteiger partial charge in [-0.1, -0.05) is 35.6 Å². The van der Waals surface area contributed by atoms with Gasteiger partial charge in [0.2, 0.25) is 5.91 Å². The van der Waals surface area contributed by atoms with Crippen LogP contribution in [0.4, 0.5) is 0 Å². The Morgan fingerprint density at radius 3 is 2.75 bits per heavy atom. The molecule has 0 saturated heterocycles. The van der Waals surface area contributed by atoms with E-state index >= 15 is 0 Å². The number of thiazole rings is 1. The Morgan fingerprint density at radius 2 is 2.00 bits per heavy atom. The number of benzene rings is 2. The number of carbonyl (C=O) groups is 1. The lowest BCUT2D eigenvalue weighted by atomic mass is 10.3. The maximum atomic E-state index is 12.2. The predicted octanol–water partition coefficient (Wildman–Crippen LogP) is 3.86. The minimum Gasteiger partial charge on any atom is -0.495 e. The molecule has 0 spiro atoms. The second-order valence-electron chi connectivity index (χ2n) is 5.17. The van der Waals surface area contributed by atoms with Crippen LogP contribution in [-0.2, 0) is 11.8 Å². The van der Waals surface area contributed by atoms with Crippen LogP contribution in [0.15, 0.2) is 58.4 Å². The molecule has 0 bridgehead atoms. The molecule has 0 atom stereocenters. The molecule has 1 heterocycles. The van der Waals surface area contributed by atoms with Crippen molar-refractivity contribution in [2.45, 2.75) is 11.3 Å². The van der Waals surface area contributed by atoms with Gasteiger partial charge in [0, 0.05) is 24.1 Å². The van der Waals surface area contributed by atoms with Crippen LogP contribution < -0.4 is 9.54 Å². The van der Waals surface area contributed by atoms with Gasteiger partial charge in [0.1, 0.15) is 11.3 Å². The van der Waals surface area contributed by atoms with Crippen LogP contribution in [0.5, 0.6) is 5.75 Å². The van der Waals surface area contributed by atoms with E-state index in [2.05, 4.69) is 4.99 Å². The third-order valence-electron chi connectivity index (χ3n) is 3.55. The van der Waals surface area contributed by atoms with Crippen molar-refractivity contribution in [3.63, 3.8) is 0 Å². The topological polar surface area (TPSA) is 43.6 Å². The summed E-state index contributed by atoms with van der Waals surface area (Å²) < 4.78 is 8.37. The maximum Gasteiger partial charge on any atom is 0.249 e. The second-order valence-corrected chi connectivity index (χ2v) is 7.35. The number of hydrogen-bond donors (Lipinski definition) is 0. The standard InChI is InChI=1S/C18H18N2O2S2/c1-20-17-14(22-2)9-6-10-15(17)24-18(20)19-16(21)11-12-23-13-7-4-3-5-8-13/h3-10H,11-12H2,1-2H3. The van der Waals surface area contributed by atoms with Crippen LogP contribution in [0.3, 0.4) is 0 Å². The number of ether oxygens (including phenoxy) is 1. The van der Waals surface area contributed by atoms with Gasteiger partial charge in [-0.3, -0.25) is 4.79 Å². The van der Waals surface area contributed by atoms with E-state index < -0.39 is 0 Å². The van der Waals surface area contributed by atoms with Crippen LogP contribution in [0.1, 0.15) is 6.42 Å². The number of thioether (sulfide) groups is 1. The van der Waals surface area contributed by atoms with Gasteiger partial charge in [0.05, 0.1) is 11.8 Å². The molecule has 2 aromatic carbocycles. The van der Waals surface area contributed by atoms with E-state index in [9.17, 15) is 4.79 Å². The van der Waals surface area contributed by atoms with Crippen LogP contribution in [0.25, 0.3) is 10.2 Å². The molecule has 0 aliphatic rings. The van der Waals surface area contributed by atoms with Gasteiger partial charge in [-0.25, -0.2) is 0 Å². The Labute approximate surface area is 148 Å². The zero-order valence-corrected chi connectivity index (χ0v) is 15.2. The average molecular weight is 358 g/mol. The Bertz CT molecular complexity index is 914. The molecule has 3 rings (SSSR count). The first-order valence-electron chi connectivity index (χ1n) is 7.57. The highest BCUT2D eigenvalue weighted by Gasteiger charge is 2.09. The molecular weight excluding hydrogens is 340 g/mol. The quantitative estimate of drug-likeness (QED) is 0.651. The normalized spacial score (nSPS) is 11.8. The van der Waals surface area contributed by atoms with Crippen molar-refractivity contribution in [2.24, 2.45) is 12.0 Å². The van der Waals surface area contributed by atoms with E-state index in [0.717, 1.165) is 21.7 Å². The summed E-state index contributed by atoms with van der Waals surface area (Å²) in [6.45, 7) is 0. The predicted molar refractivity (Wildman–Crippen MR) is 99.7 cm³/mol. The second kappa shape index (κ2) is 7.68. The summed E-state index contributed by atoms with van der Waals surface area (Å²) in [6.07, 6.45) is 0.422. The summed E-state index contributed by atoms with van der Waals surface area (Å²) in [7, 11) is 3.56. The highest BCUT2D eigenvalue weighted by Crippen LogP contribution is 2.26. The molecule has 24 heavy (non-hydrogen) atoms. The molecule has 124 valence electrons. The van der Waals surface area contributed by atoms with Gasteiger partial charge in [-0.15, -0.1) is 11.8 Å². The van der Waals surface area contributed by atoms with Crippen LogP contribution in [0.2, 0.25) is 0 Å². The molecule has 0 fully saturated rings. The summed E-state index contributed by atoms with van der Waals surface area (Å²) >= 11 is 3.17. The fraction of sp³-hybridized carbons (Fsp3) is 0.222. The number of fused-ring (bicyclic) bond motifs is 1. The molecule has 3 aromatic rings. The zero-order chi connectivity index (χ0) is 16.9. The lowest BCUT2D eigenvalue weighted by Gasteiger charge is -2.03. The van der Waals surface area contributed by atoms with Crippen molar-refractivity contribution < 1.29 is 9.53 Å². The number of aryl methyl sites for hydroxylation is 1. The molecule has 4 nitrogen and oxygen atoms in total. The number of carbonyl (C=O) groups excluding carboxylic acids is 1. The summed E-state index contributed by atoms with van der Waals surface area (Å²) in [5.41, 5.74) is 0.968. The molecule has 0 aliphatic heterocycles. The first-order valence-corrected chi connectivity index (χ1v) is 9.37. The van der Waals surface area contributed by atoms with Crippen molar-refractivity contribution in [3.05, 3.63) is 53.3 Å². The Morgan fingerprint density at radius 1 is 1.21 bits per heavy atom. The van der Waals surface area contributed by atoms with Crippen LogP contribution >= 0.6 is 23.1 Å². The zero-order valence-electron chi connectivity index (χ0n) is 13.6. The van der Waals surface area contributed by atoms with Crippen molar-refractivity contribution in [1.29, 1.82) is 0 Å². The van der Waals surface area contributed by atoms with Crippen LogP contribution in [0, 0.1) is 0 Å². The largest absolute Gasteiger partial charge is 0.495 e. The lowest BCUT2D eigenvalue weighted by Crippen LogP contribution is -2.13. The number of aromatic nitrogens is 1. The fourth-order valence-electron chi connectivity index (χ4n) is 2.38. The molecule has 1 aromatic heterocycles. The first-order chi connectivity index (χ1) is 11.7. The van der Waals surface area contributed by atoms with E-state index in [4.69, 9.17) is 4.74 Å². The first kappa shape index (κ1) is 16.8. The third kappa shape index (κ3) is 3.71. The van der Waals surface area contributed by atoms with Crippen molar-refractivity contribution in [1.82, 2.24) is 4.57 Å². The number of rotatable bonds is 5. The minimum atomic E-state index is -0.0976. The monoisotopic (exact) mass is 358 g/mol. The van der Waals surface area contributed by atoms with Crippen molar-refractivity contribution in [3.8, 4) is 5.75 Å². The number of amides is 1. The lowest BCUT2D eigenvalue weighted by molar-refractivity contribution is -0.117. The van der Waals surface area contributed by atoms with Gasteiger partial charge in [0.25, 0.3) is 0 Å². The van der Waals surface area contributed by atoms with Crippen molar-refractivity contribution in [2.75, 3.05) is 12.9 Å². The Hall–Kier alpha value is -2.05. The summed E-state index contributed by atoms with van der Waals surface area (Å²) in [4.78, 5) is 18.3. The smallest absolute Gasteiger partial charge is 0.249 e. The highest BCUT2D eigenvalue weighted by molar-refractivity contribution is 7.99. The summed E-state index contributed by atoms with van der Waals surface area (Å²) in [5, 5.41) is 0. The molecule has 0 N–H and O–H groups in total. The van der Waals surface area contributed by atoms with Crippen molar-refractivity contribution >= 4 is 39.2 Å². The minimum absolute atomic E-state index is 0.0976. The number of hydrogen-bond acceptors (Lipinski definition) is 4. The summed E-state index contributed by atoms with van der Waals surface area (Å²) in [5.74, 6) is 1.42. The molecule has 0 saturated carbocycles. The van der Waals surface area contributed by atoms with E-state index in [1.54, 1.807) is 18.9 Å². The molecule has 0 aliphatic carbocycles. The molecule has 0 radical (unpaired) electrons. The van der Waals surface area contributed by atoms with E-state index in [1.165, 1.54) is 16.2 Å².